The molecule has 0 spiro atoms. The van der Waals surface area contributed by atoms with Gasteiger partial charge in [0, 0.05) is 17.8 Å². The summed E-state index contributed by atoms with van der Waals surface area (Å²) in [4.78, 5) is 7.09. The molecule has 0 saturated heterocycles. The van der Waals surface area contributed by atoms with Crippen LogP contribution in [0.4, 0.5) is 0 Å². The molecule has 2 aromatic heterocycles. The Morgan fingerprint density at radius 3 is 3.10 bits per heavy atom. The van der Waals surface area contributed by atoms with E-state index in [-0.39, 0.29) is 52.8 Å². The number of H-pyrrole nitrogens is 1. The van der Waals surface area contributed by atoms with E-state index in [1.54, 1.807) is 6.20 Å². The van der Waals surface area contributed by atoms with Gasteiger partial charge in [0.05, 0.1) is 0 Å². The molecule has 2 rings (SSSR count). The first-order valence-corrected chi connectivity index (χ1v) is 2.85. The van der Waals surface area contributed by atoms with Crippen molar-refractivity contribution in [2.75, 3.05) is 0 Å². The molecule has 2 heterocycles. The second-order valence-electron chi connectivity index (χ2n) is 1.92. The molecule has 10 heavy (non-hydrogen) atoms. The van der Waals surface area contributed by atoms with Gasteiger partial charge in [0.25, 0.3) is 0 Å². The molecule has 0 radical (unpaired) electrons. The molecule has 0 bridgehead atoms. The van der Waals surface area contributed by atoms with Crippen LogP contribution >= 0.6 is 0 Å². The zero-order chi connectivity index (χ0) is 6.10. The standard InChI is InChI=1S/C7H6N2.K.H/c1-2-6-3-5-9-7(6)8-4-1;;/h1-5H,(H,8,9);;/q;+1;-1. The van der Waals surface area contributed by atoms with Crippen LogP contribution in [0.3, 0.4) is 0 Å². The van der Waals surface area contributed by atoms with E-state index in [4.69, 9.17) is 0 Å². The fraction of sp³-hybridized carbons (Fsp3) is 0. The van der Waals surface area contributed by atoms with Crippen molar-refractivity contribution in [3.05, 3.63) is 30.6 Å². The van der Waals surface area contributed by atoms with Gasteiger partial charge in [-0.15, -0.1) is 0 Å². The average molecular weight is 158 g/mol. The molecule has 2 aromatic rings. The number of hydrogen-bond donors (Lipinski definition) is 1. The smallest absolute Gasteiger partial charge is 1.00 e. The molecule has 0 aliphatic carbocycles. The first kappa shape index (κ1) is 8.42. The summed E-state index contributed by atoms with van der Waals surface area (Å²) in [6.45, 7) is 0. The summed E-state index contributed by atoms with van der Waals surface area (Å²) < 4.78 is 0. The normalized spacial score (nSPS) is 9.20. The molecule has 0 amide bonds. The van der Waals surface area contributed by atoms with Crippen LogP contribution in [-0.2, 0) is 0 Å². The van der Waals surface area contributed by atoms with Crippen molar-refractivity contribution in [2.24, 2.45) is 0 Å². The van der Waals surface area contributed by atoms with Crippen LogP contribution < -0.4 is 51.4 Å². The predicted octanol–water partition coefficient (Wildman–Crippen LogP) is -1.32. The Labute approximate surface area is 103 Å². The van der Waals surface area contributed by atoms with Crippen LogP contribution in [0.25, 0.3) is 11.0 Å². The van der Waals surface area contributed by atoms with E-state index in [0.29, 0.717) is 0 Å². The van der Waals surface area contributed by atoms with Gasteiger partial charge in [-0.3, -0.25) is 0 Å². The molecule has 0 unspecified atom stereocenters. The summed E-state index contributed by atoms with van der Waals surface area (Å²) >= 11 is 0. The van der Waals surface area contributed by atoms with Gasteiger partial charge in [0.1, 0.15) is 5.65 Å². The van der Waals surface area contributed by atoms with Crippen molar-refractivity contribution < 1.29 is 52.8 Å². The maximum Gasteiger partial charge on any atom is 1.00 e. The van der Waals surface area contributed by atoms with Crippen LogP contribution in [-0.4, -0.2) is 9.97 Å². The van der Waals surface area contributed by atoms with Gasteiger partial charge in [0.15, 0.2) is 0 Å². The molecule has 0 aliphatic heterocycles. The van der Waals surface area contributed by atoms with Crippen molar-refractivity contribution in [3.8, 4) is 0 Å². The zero-order valence-electron chi connectivity index (χ0n) is 6.83. The maximum atomic E-state index is 4.09. The Morgan fingerprint density at radius 1 is 1.40 bits per heavy atom. The minimum Gasteiger partial charge on any atom is -1.00 e. The number of fused-ring (bicyclic) bond motifs is 1. The van der Waals surface area contributed by atoms with Gasteiger partial charge in [-0.05, 0) is 18.2 Å². The fourth-order valence-corrected chi connectivity index (χ4v) is 0.883. The third-order valence-corrected chi connectivity index (χ3v) is 1.32. The number of aromatic nitrogens is 2. The van der Waals surface area contributed by atoms with E-state index in [1.807, 2.05) is 24.4 Å². The Bertz CT molecular complexity index is 290. The van der Waals surface area contributed by atoms with Gasteiger partial charge >= 0.3 is 51.4 Å². The van der Waals surface area contributed by atoms with Crippen molar-refractivity contribution in [1.29, 1.82) is 0 Å². The van der Waals surface area contributed by atoms with Crippen molar-refractivity contribution in [2.45, 2.75) is 0 Å². The van der Waals surface area contributed by atoms with Crippen molar-refractivity contribution in [1.82, 2.24) is 9.97 Å². The molecule has 46 valence electrons. The van der Waals surface area contributed by atoms with E-state index >= 15 is 0 Å². The number of hydrogen-bond acceptors (Lipinski definition) is 1. The quantitative estimate of drug-likeness (QED) is 0.473. The second kappa shape index (κ2) is 3.64. The number of nitrogens with zero attached hydrogens (tertiary/aromatic N) is 1. The van der Waals surface area contributed by atoms with Crippen LogP contribution in [0.15, 0.2) is 30.6 Å². The van der Waals surface area contributed by atoms with E-state index in [0.717, 1.165) is 11.0 Å². The SMILES string of the molecule is [H-].[K+].c1cnc2[nH]ccc2c1. The maximum absolute atomic E-state index is 4.09. The largest absolute Gasteiger partial charge is 1.00 e. The van der Waals surface area contributed by atoms with Gasteiger partial charge in [0.2, 0.25) is 0 Å². The zero-order valence-corrected chi connectivity index (χ0v) is 8.96. The number of rotatable bonds is 0. The number of nitrogens with one attached hydrogen (secondary N) is 1. The number of pyridine rings is 1. The summed E-state index contributed by atoms with van der Waals surface area (Å²) in [7, 11) is 0. The van der Waals surface area contributed by atoms with E-state index in [9.17, 15) is 0 Å². The van der Waals surface area contributed by atoms with Crippen molar-refractivity contribution >= 4 is 11.0 Å². The molecule has 0 saturated carbocycles. The third-order valence-electron chi connectivity index (χ3n) is 1.32. The Hall–Kier alpha value is 0.326. The average Bonchev–Trinajstić information content (AvgIpc) is 2.33. The van der Waals surface area contributed by atoms with Crippen LogP contribution in [0.2, 0.25) is 0 Å². The summed E-state index contributed by atoms with van der Waals surface area (Å²) in [5.74, 6) is 0. The summed E-state index contributed by atoms with van der Waals surface area (Å²) in [5, 5.41) is 1.16. The van der Waals surface area contributed by atoms with Gasteiger partial charge in [-0.25, -0.2) is 4.98 Å². The van der Waals surface area contributed by atoms with Crippen molar-refractivity contribution in [3.63, 3.8) is 0 Å². The molecular weight excluding hydrogens is 151 g/mol. The van der Waals surface area contributed by atoms with E-state index < -0.39 is 0 Å². The first-order chi connectivity index (χ1) is 4.47. The fourth-order valence-electron chi connectivity index (χ4n) is 0.883. The van der Waals surface area contributed by atoms with Crippen LogP contribution in [0, 0.1) is 0 Å². The molecule has 1 N–H and O–H groups in total. The molecule has 0 atom stereocenters. The van der Waals surface area contributed by atoms with Crippen LogP contribution in [0.5, 0.6) is 0 Å². The molecule has 0 fully saturated rings. The molecule has 0 aromatic carbocycles. The predicted molar refractivity (Wildman–Crippen MR) is 37.2 cm³/mol. The second-order valence-corrected chi connectivity index (χ2v) is 1.92. The molecule has 0 aliphatic rings. The first-order valence-electron chi connectivity index (χ1n) is 2.85. The van der Waals surface area contributed by atoms with Gasteiger partial charge in [-0.1, -0.05) is 0 Å². The number of aromatic amines is 1. The van der Waals surface area contributed by atoms with E-state index in [1.165, 1.54) is 0 Å². The summed E-state index contributed by atoms with van der Waals surface area (Å²) in [5.41, 5.74) is 0.956. The molecule has 3 heteroatoms. The molecule has 2 nitrogen and oxygen atoms in total. The Balaban J connectivity index is 0.000000500. The minimum absolute atomic E-state index is 0. The van der Waals surface area contributed by atoms with Gasteiger partial charge < -0.3 is 6.41 Å². The molecular formula is C7H7KN2. The Morgan fingerprint density at radius 2 is 2.30 bits per heavy atom. The van der Waals surface area contributed by atoms with Gasteiger partial charge in [-0.2, -0.15) is 0 Å². The Kier molecular flexibility index (Phi) is 3.07. The summed E-state index contributed by atoms with van der Waals surface area (Å²) in [6.07, 6.45) is 3.66. The van der Waals surface area contributed by atoms with Crippen LogP contribution in [0.1, 0.15) is 1.43 Å². The summed E-state index contributed by atoms with van der Waals surface area (Å²) in [6, 6.07) is 5.96. The topological polar surface area (TPSA) is 28.7 Å². The third kappa shape index (κ3) is 1.49. The van der Waals surface area contributed by atoms with E-state index in [2.05, 4.69) is 9.97 Å². The minimum atomic E-state index is 0. The monoisotopic (exact) mass is 158 g/mol.